The van der Waals surface area contributed by atoms with Gasteiger partial charge in [0, 0.05) is 17.8 Å². The lowest BCUT2D eigenvalue weighted by Gasteiger charge is -2.32. The van der Waals surface area contributed by atoms with Gasteiger partial charge in [-0.25, -0.2) is 4.39 Å². The van der Waals surface area contributed by atoms with E-state index in [0.717, 1.165) is 24.6 Å². The van der Waals surface area contributed by atoms with Crippen LogP contribution in [-0.2, 0) is 4.79 Å². The monoisotopic (exact) mass is 447 g/mol. The van der Waals surface area contributed by atoms with Crippen molar-refractivity contribution >= 4 is 17.7 Å². The third-order valence-corrected chi connectivity index (χ3v) is 6.69. The van der Waals surface area contributed by atoms with Gasteiger partial charge < -0.3 is 4.90 Å². The van der Waals surface area contributed by atoms with Crippen LogP contribution in [0.5, 0.6) is 0 Å². The molecule has 0 N–H and O–H groups in total. The fraction of sp³-hybridized carbons (Fsp3) is 0.609. The molecule has 2 aromatic rings. The number of nitrogens with zero attached hydrogens (tertiary/aromatic N) is 5. The quantitative estimate of drug-likeness (QED) is 0.550. The van der Waals surface area contributed by atoms with Crippen LogP contribution in [0.15, 0.2) is 29.4 Å². The lowest BCUT2D eigenvalue weighted by molar-refractivity contribution is -0.131. The number of rotatable bonds is 8. The Labute approximate surface area is 189 Å². The summed E-state index contributed by atoms with van der Waals surface area (Å²) in [5, 5.41) is 9.61. The Morgan fingerprint density at radius 2 is 1.65 bits per heavy atom. The third-order valence-electron chi connectivity index (χ3n) is 5.78. The molecule has 1 saturated heterocycles. The summed E-state index contributed by atoms with van der Waals surface area (Å²) >= 11 is 1.39. The molecule has 1 aliphatic heterocycles. The van der Waals surface area contributed by atoms with E-state index in [0.29, 0.717) is 5.16 Å². The summed E-state index contributed by atoms with van der Waals surface area (Å²) in [7, 11) is 0. The van der Waals surface area contributed by atoms with Crippen LogP contribution in [0, 0.1) is 5.82 Å². The zero-order valence-corrected chi connectivity index (χ0v) is 20.0. The lowest BCUT2D eigenvalue weighted by Crippen LogP contribution is -2.43. The van der Waals surface area contributed by atoms with Gasteiger partial charge in [-0.1, -0.05) is 18.2 Å². The summed E-state index contributed by atoms with van der Waals surface area (Å²) in [6.07, 6.45) is 3.63. The highest BCUT2D eigenvalue weighted by Gasteiger charge is 2.27. The molecule has 1 fully saturated rings. The maximum absolute atomic E-state index is 13.6. The normalized spacial score (nSPS) is 16.1. The van der Waals surface area contributed by atoms with Gasteiger partial charge in [-0.3, -0.25) is 14.3 Å². The average molecular weight is 448 g/mol. The van der Waals surface area contributed by atoms with E-state index in [-0.39, 0.29) is 35.6 Å². The Kier molecular flexibility index (Phi) is 8.11. The van der Waals surface area contributed by atoms with Crippen molar-refractivity contribution in [3.8, 4) is 5.69 Å². The van der Waals surface area contributed by atoms with Crippen LogP contribution in [0.2, 0.25) is 0 Å². The third kappa shape index (κ3) is 5.66. The van der Waals surface area contributed by atoms with Gasteiger partial charge in [0.05, 0.1) is 11.8 Å². The molecule has 1 aromatic heterocycles. The predicted molar refractivity (Wildman–Crippen MR) is 123 cm³/mol. The Hall–Kier alpha value is -1.93. The molecule has 31 heavy (non-hydrogen) atoms. The molecule has 0 saturated carbocycles. The zero-order valence-electron chi connectivity index (χ0n) is 19.2. The highest BCUT2D eigenvalue weighted by molar-refractivity contribution is 7.99. The van der Waals surface area contributed by atoms with Crippen molar-refractivity contribution in [2.75, 3.05) is 18.8 Å². The number of hydrogen-bond donors (Lipinski definition) is 0. The summed E-state index contributed by atoms with van der Waals surface area (Å²) in [5.74, 6) is 0.909. The molecule has 2 heterocycles. The highest BCUT2D eigenvalue weighted by Crippen LogP contribution is 2.29. The van der Waals surface area contributed by atoms with Crippen LogP contribution in [0.4, 0.5) is 4.39 Å². The lowest BCUT2D eigenvalue weighted by atomic mass is 10.1. The number of likely N-dealkylation sites (tertiary alicyclic amines) is 1. The molecule has 0 radical (unpaired) electrons. The summed E-state index contributed by atoms with van der Waals surface area (Å²) in [4.78, 5) is 17.2. The van der Waals surface area contributed by atoms with E-state index in [1.54, 1.807) is 12.1 Å². The van der Waals surface area contributed by atoms with Crippen molar-refractivity contribution in [1.82, 2.24) is 24.6 Å². The van der Waals surface area contributed by atoms with Crippen molar-refractivity contribution in [3.63, 3.8) is 0 Å². The fourth-order valence-corrected chi connectivity index (χ4v) is 5.15. The Bertz CT molecular complexity index is 853. The minimum Gasteiger partial charge on any atom is -0.337 e. The van der Waals surface area contributed by atoms with E-state index in [9.17, 15) is 9.18 Å². The Morgan fingerprint density at radius 3 is 2.23 bits per heavy atom. The van der Waals surface area contributed by atoms with Gasteiger partial charge in [0.1, 0.15) is 5.82 Å². The SMILES string of the molecule is CC(c1nnc(SCC(=O)N(C(C)C)C(C)C)n1-c1ccc(F)cc1)N1CCCCC1. The minimum absolute atomic E-state index is 0.0780. The number of carbonyl (C=O) groups excluding carboxylic acids is 1. The number of benzene rings is 1. The number of piperidine rings is 1. The van der Waals surface area contributed by atoms with E-state index in [4.69, 9.17) is 0 Å². The van der Waals surface area contributed by atoms with E-state index < -0.39 is 0 Å². The molecule has 8 heteroatoms. The van der Waals surface area contributed by atoms with E-state index >= 15 is 0 Å². The molecule has 1 amide bonds. The van der Waals surface area contributed by atoms with Gasteiger partial charge in [-0.05, 0) is 84.8 Å². The van der Waals surface area contributed by atoms with Crippen LogP contribution < -0.4 is 0 Å². The Morgan fingerprint density at radius 1 is 1.03 bits per heavy atom. The van der Waals surface area contributed by atoms with Crippen LogP contribution >= 0.6 is 11.8 Å². The van der Waals surface area contributed by atoms with Crippen molar-refractivity contribution in [2.45, 2.75) is 77.2 Å². The first-order valence-electron chi connectivity index (χ1n) is 11.2. The number of aromatic nitrogens is 3. The molecule has 0 bridgehead atoms. The van der Waals surface area contributed by atoms with Gasteiger partial charge >= 0.3 is 0 Å². The standard InChI is InChI=1S/C23H34FN5OS/c1-16(2)28(17(3)4)21(30)15-31-23-26-25-22(18(5)27-13-7-6-8-14-27)29(23)20-11-9-19(24)10-12-20/h9-12,16-18H,6-8,13-15H2,1-5H3. The summed E-state index contributed by atoms with van der Waals surface area (Å²) in [5.41, 5.74) is 0.810. The molecule has 1 atom stereocenters. The largest absolute Gasteiger partial charge is 0.337 e. The number of amides is 1. The van der Waals surface area contributed by atoms with Gasteiger partial charge in [0.25, 0.3) is 0 Å². The molecular formula is C23H34FN5OS. The summed E-state index contributed by atoms with van der Waals surface area (Å²) in [6, 6.07) is 6.74. The summed E-state index contributed by atoms with van der Waals surface area (Å²) in [6.45, 7) is 12.3. The van der Waals surface area contributed by atoms with Crippen LogP contribution in [0.3, 0.4) is 0 Å². The van der Waals surface area contributed by atoms with E-state index in [1.165, 1.54) is 43.2 Å². The molecular weight excluding hydrogens is 413 g/mol. The maximum atomic E-state index is 13.6. The van der Waals surface area contributed by atoms with E-state index in [2.05, 4.69) is 22.0 Å². The van der Waals surface area contributed by atoms with Gasteiger partial charge in [0.2, 0.25) is 5.91 Å². The first-order chi connectivity index (χ1) is 14.8. The molecule has 1 aromatic carbocycles. The Balaban J connectivity index is 1.88. The fourth-order valence-electron chi connectivity index (χ4n) is 4.32. The first-order valence-corrected chi connectivity index (χ1v) is 12.2. The number of halogens is 1. The first kappa shape index (κ1) is 23.7. The van der Waals surface area contributed by atoms with Gasteiger partial charge in [-0.15, -0.1) is 10.2 Å². The molecule has 1 aliphatic rings. The van der Waals surface area contributed by atoms with Crippen molar-refractivity contribution in [2.24, 2.45) is 0 Å². The topological polar surface area (TPSA) is 54.3 Å². The second-order valence-corrected chi connectivity index (χ2v) is 9.64. The van der Waals surface area contributed by atoms with E-state index in [1.807, 2.05) is 37.2 Å². The van der Waals surface area contributed by atoms with Crippen LogP contribution in [0.25, 0.3) is 5.69 Å². The number of hydrogen-bond acceptors (Lipinski definition) is 5. The summed E-state index contributed by atoms with van der Waals surface area (Å²) < 4.78 is 15.5. The maximum Gasteiger partial charge on any atom is 0.233 e. The highest BCUT2D eigenvalue weighted by atomic mass is 32.2. The molecule has 1 unspecified atom stereocenters. The van der Waals surface area contributed by atoms with Crippen LogP contribution in [-0.4, -0.2) is 61.4 Å². The van der Waals surface area contributed by atoms with Gasteiger partial charge in [-0.2, -0.15) is 0 Å². The zero-order chi connectivity index (χ0) is 22.5. The molecule has 3 rings (SSSR count). The predicted octanol–water partition coefficient (Wildman–Crippen LogP) is 4.69. The molecule has 0 spiro atoms. The number of thioether (sulfide) groups is 1. The number of carbonyl (C=O) groups is 1. The smallest absolute Gasteiger partial charge is 0.233 e. The average Bonchev–Trinajstić information content (AvgIpc) is 3.16. The molecule has 6 nitrogen and oxygen atoms in total. The molecule has 170 valence electrons. The van der Waals surface area contributed by atoms with Crippen molar-refractivity contribution in [1.29, 1.82) is 0 Å². The van der Waals surface area contributed by atoms with Gasteiger partial charge in [0.15, 0.2) is 11.0 Å². The van der Waals surface area contributed by atoms with Crippen LogP contribution in [0.1, 0.15) is 65.7 Å². The minimum atomic E-state index is -0.281. The van der Waals surface area contributed by atoms with Crippen molar-refractivity contribution < 1.29 is 9.18 Å². The second-order valence-electron chi connectivity index (χ2n) is 8.70. The second kappa shape index (κ2) is 10.6. The molecule has 0 aliphatic carbocycles. The van der Waals surface area contributed by atoms with Crippen molar-refractivity contribution in [3.05, 3.63) is 35.9 Å².